The van der Waals surface area contributed by atoms with Gasteiger partial charge in [-0.3, -0.25) is 4.79 Å². The molecular weight excluding hydrogens is 320 g/mol. The Balaban J connectivity index is 1.58. The van der Waals surface area contributed by atoms with Crippen LogP contribution < -0.4 is 10.9 Å². The summed E-state index contributed by atoms with van der Waals surface area (Å²) in [5.41, 5.74) is 0.627. The second-order valence-electron chi connectivity index (χ2n) is 6.57. The van der Waals surface area contributed by atoms with Gasteiger partial charge >= 0.3 is 5.63 Å². The molecule has 134 valence electrons. The highest BCUT2D eigenvalue weighted by molar-refractivity contribution is 5.99. The van der Waals surface area contributed by atoms with E-state index in [1.807, 2.05) is 12.1 Å². The van der Waals surface area contributed by atoms with Gasteiger partial charge in [-0.25, -0.2) is 4.79 Å². The Morgan fingerprint density at radius 2 is 2.04 bits per heavy atom. The van der Waals surface area contributed by atoms with Crippen molar-refractivity contribution in [2.45, 2.75) is 32.3 Å². The first-order valence-electron chi connectivity index (χ1n) is 8.77. The molecule has 0 radical (unpaired) electrons. The summed E-state index contributed by atoms with van der Waals surface area (Å²) in [5, 5.41) is 13.1. The number of hydrogen-bond acceptors (Lipinski definition) is 5. The van der Waals surface area contributed by atoms with Crippen LogP contribution in [0.4, 0.5) is 0 Å². The monoisotopic (exact) mass is 344 g/mol. The molecule has 1 aromatic carbocycles. The minimum atomic E-state index is -0.598. The number of carbonyl (C=O) groups excluding carboxylic acids is 1. The average molecular weight is 344 g/mol. The van der Waals surface area contributed by atoms with Crippen molar-refractivity contribution in [3.05, 3.63) is 45.8 Å². The smallest absolute Gasteiger partial charge is 0.349 e. The number of aliphatic hydroxyl groups excluding tert-OH is 1. The zero-order valence-corrected chi connectivity index (χ0v) is 14.5. The molecule has 0 bridgehead atoms. The lowest BCUT2D eigenvalue weighted by Crippen LogP contribution is -2.38. The predicted octanol–water partition coefficient (Wildman–Crippen LogP) is 1.68. The molecule has 1 saturated heterocycles. The van der Waals surface area contributed by atoms with E-state index in [1.165, 1.54) is 0 Å². The van der Waals surface area contributed by atoms with Crippen molar-refractivity contribution in [3.8, 4) is 0 Å². The number of likely N-dealkylation sites (tertiary alicyclic amines) is 1. The van der Waals surface area contributed by atoms with E-state index >= 15 is 0 Å². The number of carbonyl (C=O) groups is 1. The van der Waals surface area contributed by atoms with Crippen molar-refractivity contribution in [3.63, 3.8) is 0 Å². The molecule has 1 fully saturated rings. The quantitative estimate of drug-likeness (QED) is 0.637. The first-order valence-corrected chi connectivity index (χ1v) is 8.77. The fourth-order valence-electron chi connectivity index (χ4n) is 3.30. The maximum Gasteiger partial charge on any atom is 0.349 e. The minimum Gasteiger partial charge on any atom is -0.422 e. The Labute approximate surface area is 146 Å². The van der Waals surface area contributed by atoms with E-state index in [1.54, 1.807) is 19.1 Å². The zero-order valence-electron chi connectivity index (χ0n) is 14.5. The van der Waals surface area contributed by atoms with Crippen LogP contribution in [0.3, 0.4) is 0 Å². The number of amides is 1. The Kier molecular flexibility index (Phi) is 5.50. The fourth-order valence-corrected chi connectivity index (χ4v) is 3.30. The molecule has 0 aliphatic carbocycles. The van der Waals surface area contributed by atoms with Gasteiger partial charge in [0.1, 0.15) is 11.1 Å². The van der Waals surface area contributed by atoms with Gasteiger partial charge in [0.15, 0.2) is 0 Å². The topological polar surface area (TPSA) is 82.8 Å². The number of para-hydroxylation sites is 1. The first-order chi connectivity index (χ1) is 12.1. The summed E-state index contributed by atoms with van der Waals surface area (Å²) in [6.45, 7) is 4.93. The van der Waals surface area contributed by atoms with Gasteiger partial charge in [-0.05, 0) is 44.4 Å². The molecule has 2 heterocycles. The SMILES string of the molecule is Cc1c(C(=O)NCCCN2CCC(O)CC2)c(=O)oc2ccccc12. The van der Waals surface area contributed by atoms with E-state index in [9.17, 15) is 14.7 Å². The van der Waals surface area contributed by atoms with E-state index in [0.29, 0.717) is 17.7 Å². The number of fused-ring (bicyclic) bond motifs is 1. The largest absolute Gasteiger partial charge is 0.422 e. The van der Waals surface area contributed by atoms with Gasteiger partial charge in [-0.1, -0.05) is 18.2 Å². The van der Waals surface area contributed by atoms with Crippen molar-refractivity contribution in [1.29, 1.82) is 0 Å². The first kappa shape index (κ1) is 17.6. The third kappa shape index (κ3) is 4.08. The number of nitrogens with one attached hydrogen (secondary N) is 1. The number of nitrogens with zero attached hydrogens (tertiary/aromatic N) is 1. The number of piperidine rings is 1. The summed E-state index contributed by atoms with van der Waals surface area (Å²) in [4.78, 5) is 26.8. The molecule has 0 atom stereocenters. The lowest BCUT2D eigenvalue weighted by molar-refractivity contribution is 0.0816. The van der Waals surface area contributed by atoms with Crippen LogP contribution in [0.25, 0.3) is 11.0 Å². The summed E-state index contributed by atoms with van der Waals surface area (Å²) in [5.74, 6) is -0.383. The molecule has 6 nitrogen and oxygen atoms in total. The minimum absolute atomic E-state index is 0.0831. The number of hydrogen-bond donors (Lipinski definition) is 2. The van der Waals surface area contributed by atoms with Gasteiger partial charge in [0.25, 0.3) is 5.91 Å². The van der Waals surface area contributed by atoms with E-state index < -0.39 is 5.63 Å². The standard InChI is InChI=1S/C19H24N2O4/c1-13-15-5-2-3-6-16(15)25-19(24)17(13)18(23)20-9-4-10-21-11-7-14(22)8-12-21/h2-3,5-6,14,22H,4,7-12H2,1H3,(H,20,23). The molecule has 2 aromatic rings. The van der Waals surface area contributed by atoms with Gasteiger partial charge in [0.05, 0.1) is 6.10 Å². The molecule has 6 heteroatoms. The molecule has 2 N–H and O–H groups in total. The van der Waals surface area contributed by atoms with Crippen LogP contribution in [0.5, 0.6) is 0 Å². The lowest BCUT2D eigenvalue weighted by Gasteiger charge is -2.29. The van der Waals surface area contributed by atoms with E-state index in [4.69, 9.17) is 4.42 Å². The van der Waals surface area contributed by atoms with Crippen LogP contribution in [-0.2, 0) is 0 Å². The Bertz CT molecular complexity index is 807. The zero-order chi connectivity index (χ0) is 17.8. The maximum absolute atomic E-state index is 12.4. The van der Waals surface area contributed by atoms with E-state index in [0.717, 1.165) is 44.3 Å². The second-order valence-corrected chi connectivity index (χ2v) is 6.57. The molecule has 1 aliphatic rings. The van der Waals surface area contributed by atoms with Crippen LogP contribution in [0, 0.1) is 6.92 Å². The molecule has 1 aliphatic heterocycles. The van der Waals surface area contributed by atoms with Crippen molar-refractivity contribution >= 4 is 16.9 Å². The Morgan fingerprint density at radius 1 is 1.32 bits per heavy atom. The molecule has 3 rings (SSSR count). The van der Waals surface area contributed by atoms with Crippen molar-refractivity contribution < 1.29 is 14.3 Å². The Hall–Kier alpha value is -2.18. The maximum atomic E-state index is 12.4. The molecular formula is C19H24N2O4. The van der Waals surface area contributed by atoms with Gasteiger partial charge in [0, 0.05) is 25.0 Å². The molecule has 0 unspecified atom stereocenters. The lowest BCUT2D eigenvalue weighted by atomic mass is 10.1. The highest BCUT2D eigenvalue weighted by Crippen LogP contribution is 2.18. The third-order valence-corrected chi connectivity index (χ3v) is 4.79. The normalized spacial score (nSPS) is 16.2. The van der Waals surface area contributed by atoms with Crippen molar-refractivity contribution in [2.24, 2.45) is 0 Å². The summed E-state index contributed by atoms with van der Waals surface area (Å²) >= 11 is 0. The predicted molar refractivity (Wildman–Crippen MR) is 95.9 cm³/mol. The average Bonchev–Trinajstić information content (AvgIpc) is 2.60. The molecule has 0 saturated carbocycles. The number of aliphatic hydroxyl groups is 1. The second kappa shape index (κ2) is 7.80. The third-order valence-electron chi connectivity index (χ3n) is 4.79. The number of rotatable bonds is 5. The Morgan fingerprint density at radius 3 is 2.80 bits per heavy atom. The van der Waals surface area contributed by atoms with Crippen LogP contribution in [-0.4, -0.2) is 48.2 Å². The summed E-state index contributed by atoms with van der Waals surface area (Å²) < 4.78 is 5.26. The molecule has 1 aromatic heterocycles. The highest BCUT2D eigenvalue weighted by Gasteiger charge is 2.19. The molecule has 0 spiro atoms. The van der Waals surface area contributed by atoms with Crippen LogP contribution in [0.15, 0.2) is 33.5 Å². The molecule has 25 heavy (non-hydrogen) atoms. The number of aryl methyl sites for hydroxylation is 1. The van der Waals surface area contributed by atoms with Crippen molar-refractivity contribution in [2.75, 3.05) is 26.2 Å². The van der Waals surface area contributed by atoms with Crippen LogP contribution in [0.2, 0.25) is 0 Å². The van der Waals surface area contributed by atoms with Crippen LogP contribution >= 0.6 is 0 Å². The summed E-state index contributed by atoms with van der Waals surface area (Å²) in [6.07, 6.45) is 2.25. The van der Waals surface area contributed by atoms with Gasteiger partial charge in [-0.2, -0.15) is 0 Å². The van der Waals surface area contributed by atoms with E-state index in [-0.39, 0.29) is 17.6 Å². The summed E-state index contributed by atoms with van der Waals surface area (Å²) in [6, 6.07) is 7.22. The van der Waals surface area contributed by atoms with E-state index in [2.05, 4.69) is 10.2 Å². The molecule has 1 amide bonds. The van der Waals surface area contributed by atoms with Crippen molar-refractivity contribution in [1.82, 2.24) is 10.2 Å². The summed E-state index contributed by atoms with van der Waals surface area (Å²) in [7, 11) is 0. The van der Waals surface area contributed by atoms with Crippen LogP contribution in [0.1, 0.15) is 35.2 Å². The highest BCUT2D eigenvalue weighted by atomic mass is 16.4. The van der Waals surface area contributed by atoms with Gasteiger partial charge in [-0.15, -0.1) is 0 Å². The number of benzene rings is 1. The van der Waals surface area contributed by atoms with Gasteiger partial charge < -0.3 is 19.7 Å². The van der Waals surface area contributed by atoms with Gasteiger partial charge in [0.2, 0.25) is 0 Å². The fraction of sp³-hybridized carbons (Fsp3) is 0.474.